The molecule has 0 bridgehead atoms. The Kier molecular flexibility index (Phi) is 8.64. The molecule has 1 unspecified atom stereocenters. The topological polar surface area (TPSA) is 111 Å². The van der Waals surface area contributed by atoms with Crippen molar-refractivity contribution in [2.45, 2.75) is 31.9 Å². The minimum Gasteiger partial charge on any atom is -0.481 e. The lowest BCUT2D eigenvalue weighted by atomic mass is 10.1. The molecule has 0 saturated carbocycles. The maximum atomic E-state index is 11.6. The molecule has 212 valence electrons. The highest BCUT2D eigenvalue weighted by molar-refractivity contribution is 5.76. The predicted octanol–water partition coefficient (Wildman–Crippen LogP) is 5.26. The number of aliphatic hydroxyl groups is 1. The van der Waals surface area contributed by atoms with Gasteiger partial charge in [0, 0.05) is 50.4 Å². The number of anilines is 3. The van der Waals surface area contributed by atoms with E-state index < -0.39 is 12.2 Å². The Morgan fingerprint density at radius 3 is 2.24 bits per heavy atom. The van der Waals surface area contributed by atoms with Crippen LogP contribution in [0.15, 0.2) is 78.9 Å². The number of carbonyl (C=O) groups is 1. The molecule has 1 aliphatic heterocycles. The third-order valence-electron chi connectivity index (χ3n) is 6.96. The second-order valence-corrected chi connectivity index (χ2v) is 10.3. The van der Waals surface area contributed by atoms with E-state index in [-0.39, 0.29) is 6.42 Å². The number of ether oxygens (including phenoxy) is 1. The van der Waals surface area contributed by atoms with Crippen LogP contribution in [-0.4, -0.2) is 53.3 Å². The number of rotatable bonds is 11. The molecule has 4 aromatic rings. The molecular formula is C32H35N5O4. The van der Waals surface area contributed by atoms with Gasteiger partial charge in [-0.1, -0.05) is 42.5 Å². The monoisotopic (exact) mass is 553 g/mol. The van der Waals surface area contributed by atoms with Crippen molar-refractivity contribution in [2.75, 3.05) is 42.3 Å². The van der Waals surface area contributed by atoms with Gasteiger partial charge in [0.05, 0.1) is 6.42 Å². The van der Waals surface area contributed by atoms with Crippen LogP contribution in [-0.2, 0) is 17.6 Å². The first-order valence-electron chi connectivity index (χ1n) is 13.8. The van der Waals surface area contributed by atoms with Crippen LogP contribution in [0.2, 0.25) is 0 Å². The predicted molar refractivity (Wildman–Crippen MR) is 160 cm³/mol. The van der Waals surface area contributed by atoms with Gasteiger partial charge in [0.15, 0.2) is 6.23 Å². The Morgan fingerprint density at radius 2 is 1.61 bits per heavy atom. The molecule has 41 heavy (non-hydrogen) atoms. The standard InChI is InChI=1S/C32H35N5O4/c1-36(2)30-27(21-29(38)39)31(37-18-6-7-19-37)35-28(34-30)20-22-10-14-24(15-11-22)33-32(40)23-12-16-26(17-13-23)41-25-8-4-3-5-9-25/h3-5,8-17,32-33,40H,6-7,18-21H2,1-2H3,(H,38,39). The van der Waals surface area contributed by atoms with Gasteiger partial charge in [-0.05, 0) is 54.8 Å². The summed E-state index contributed by atoms with van der Waals surface area (Å²) in [6, 6.07) is 24.7. The van der Waals surface area contributed by atoms with Gasteiger partial charge in [-0.3, -0.25) is 4.79 Å². The minimum absolute atomic E-state index is 0.120. The summed E-state index contributed by atoms with van der Waals surface area (Å²) in [6.45, 7) is 1.73. The first kappa shape index (κ1) is 27.9. The number of aliphatic hydroxyl groups excluding tert-OH is 1. The van der Waals surface area contributed by atoms with E-state index in [9.17, 15) is 15.0 Å². The van der Waals surface area contributed by atoms with Gasteiger partial charge in [-0.2, -0.15) is 0 Å². The summed E-state index contributed by atoms with van der Waals surface area (Å²) in [6.07, 6.45) is 1.62. The van der Waals surface area contributed by atoms with Crippen LogP contribution in [0.5, 0.6) is 11.5 Å². The molecule has 0 radical (unpaired) electrons. The first-order valence-corrected chi connectivity index (χ1v) is 13.8. The minimum atomic E-state index is -0.897. The van der Waals surface area contributed by atoms with Crippen LogP contribution in [0.1, 0.15) is 41.6 Å². The summed E-state index contributed by atoms with van der Waals surface area (Å²) in [5, 5.41) is 23.4. The molecule has 1 atom stereocenters. The van der Waals surface area contributed by atoms with Gasteiger partial charge < -0.3 is 30.1 Å². The lowest BCUT2D eigenvalue weighted by molar-refractivity contribution is -0.136. The summed E-state index contributed by atoms with van der Waals surface area (Å²) >= 11 is 0. The van der Waals surface area contributed by atoms with E-state index in [1.807, 2.05) is 97.9 Å². The van der Waals surface area contributed by atoms with E-state index in [1.54, 1.807) is 0 Å². The molecule has 5 rings (SSSR count). The number of benzene rings is 3. The number of aliphatic carboxylic acids is 1. The summed E-state index contributed by atoms with van der Waals surface area (Å²) in [5.41, 5.74) is 3.15. The molecule has 1 saturated heterocycles. The van der Waals surface area contributed by atoms with Crippen LogP contribution in [0.25, 0.3) is 0 Å². The molecule has 9 nitrogen and oxygen atoms in total. The molecule has 1 aromatic heterocycles. The molecule has 9 heteroatoms. The number of nitrogens with zero attached hydrogens (tertiary/aromatic N) is 4. The SMILES string of the molecule is CN(C)c1nc(Cc2ccc(NC(O)c3ccc(Oc4ccccc4)cc3)cc2)nc(N2CCCC2)c1CC(=O)O. The Hall–Kier alpha value is -4.63. The van der Waals surface area contributed by atoms with Gasteiger partial charge in [0.1, 0.15) is 29.0 Å². The fourth-order valence-corrected chi connectivity index (χ4v) is 4.94. The largest absolute Gasteiger partial charge is 0.481 e. The smallest absolute Gasteiger partial charge is 0.308 e. The number of carboxylic acid groups (broad SMARTS) is 1. The van der Waals surface area contributed by atoms with Crippen molar-refractivity contribution in [2.24, 2.45) is 0 Å². The fraction of sp³-hybridized carbons (Fsp3) is 0.281. The maximum Gasteiger partial charge on any atom is 0.308 e. The number of hydrogen-bond acceptors (Lipinski definition) is 8. The normalized spacial score (nSPS) is 13.6. The number of nitrogens with one attached hydrogen (secondary N) is 1. The highest BCUT2D eigenvalue weighted by Crippen LogP contribution is 2.30. The van der Waals surface area contributed by atoms with E-state index in [1.165, 1.54) is 0 Å². The van der Waals surface area contributed by atoms with E-state index in [4.69, 9.17) is 14.7 Å². The Bertz CT molecular complexity index is 1450. The van der Waals surface area contributed by atoms with E-state index >= 15 is 0 Å². The third kappa shape index (κ3) is 7.12. The number of para-hydroxylation sites is 1. The molecule has 1 aliphatic rings. The number of carboxylic acids is 1. The van der Waals surface area contributed by atoms with Gasteiger partial charge in [0.25, 0.3) is 0 Å². The summed E-state index contributed by atoms with van der Waals surface area (Å²) in [5.74, 6) is 2.56. The zero-order valence-electron chi connectivity index (χ0n) is 23.3. The van der Waals surface area contributed by atoms with Crippen LogP contribution in [0.3, 0.4) is 0 Å². The third-order valence-corrected chi connectivity index (χ3v) is 6.96. The van der Waals surface area contributed by atoms with Crippen LogP contribution in [0, 0.1) is 0 Å². The second-order valence-electron chi connectivity index (χ2n) is 10.3. The van der Waals surface area contributed by atoms with Crippen LogP contribution >= 0.6 is 0 Å². The summed E-state index contributed by atoms with van der Waals surface area (Å²) in [4.78, 5) is 25.3. The summed E-state index contributed by atoms with van der Waals surface area (Å²) < 4.78 is 5.83. The highest BCUT2D eigenvalue weighted by Gasteiger charge is 2.24. The maximum absolute atomic E-state index is 11.6. The van der Waals surface area contributed by atoms with Crippen molar-refractivity contribution in [1.29, 1.82) is 0 Å². The van der Waals surface area contributed by atoms with Gasteiger partial charge in [-0.15, -0.1) is 0 Å². The van der Waals surface area contributed by atoms with Crippen molar-refractivity contribution in [1.82, 2.24) is 9.97 Å². The van der Waals surface area contributed by atoms with Crippen molar-refractivity contribution in [3.05, 3.63) is 101 Å². The molecule has 3 N–H and O–H groups in total. The van der Waals surface area contributed by atoms with E-state index in [2.05, 4.69) is 10.2 Å². The van der Waals surface area contributed by atoms with Crippen molar-refractivity contribution in [3.63, 3.8) is 0 Å². The fourth-order valence-electron chi connectivity index (χ4n) is 4.94. The van der Waals surface area contributed by atoms with Gasteiger partial charge in [0.2, 0.25) is 0 Å². The zero-order valence-corrected chi connectivity index (χ0v) is 23.3. The number of aromatic nitrogens is 2. The molecule has 0 amide bonds. The Balaban J connectivity index is 1.27. The highest BCUT2D eigenvalue weighted by atomic mass is 16.5. The lowest BCUT2D eigenvalue weighted by Gasteiger charge is -2.25. The molecule has 0 spiro atoms. The number of hydrogen-bond donors (Lipinski definition) is 3. The van der Waals surface area contributed by atoms with Crippen molar-refractivity contribution < 1.29 is 19.7 Å². The average molecular weight is 554 g/mol. The van der Waals surface area contributed by atoms with E-state index in [0.29, 0.717) is 29.4 Å². The molecular weight excluding hydrogens is 518 g/mol. The summed E-state index contributed by atoms with van der Waals surface area (Å²) in [7, 11) is 3.75. The van der Waals surface area contributed by atoms with Crippen LogP contribution in [0.4, 0.5) is 17.3 Å². The Labute approximate surface area is 240 Å². The quantitative estimate of drug-likeness (QED) is 0.214. The second kappa shape index (κ2) is 12.7. The van der Waals surface area contributed by atoms with Gasteiger partial charge in [-0.25, -0.2) is 9.97 Å². The van der Waals surface area contributed by atoms with Crippen molar-refractivity contribution >= 4 is 23.3 Å². The van der Waals surface area contributed by atoms with Crippen LogP contribution < -0.4 is 19.9 Å². The molecule has 2 heterocycles. The lowest BCUT2D eigenvalue weighted by Crippen LogP contribution is -2.26. The molecule has 1 fully saturated rings. The zero-order chi connectivity index (χ0) is 28.8. The van der Waals surface area contributed by atoms with Crippen molar-refractivity contribution in [3.8, 4) is 11.5 Å². The van der Waals surface area contributed by atoms with E-state index in [0.717, 1.165) is 54.3 Å². The average Bonchev–Trinajstić information content (AvgIpc) is 3.50. The first-order chi connectivity index (χ1) is 19.9. The Morgan fingerprint density at radius 1 is 0.951 bits per heavy atom. The van der Waals surface area contributed by atoms with Gasteiger partial charge >= 0.3 is 5.97 Å². The molecule has 3 aromatic carbocycles. The molecule has 0 aliphatic carbocycles.